The number of rotatable bonds is 7. The highest BCUT2D eigenvalue weighted by Crippen LogP contribution is 2.36. The molecule has 0 spiro atoms. The van der Waals surface area contributed by atoms with Crippen LogP contribution < -0.4 is 9.47 Å². The number of hydrogen-bond donors (Lipinski definition) is 1. The minimum absolute atomic E-state index is 0.0155. The highest BCUT2D eigenvalue weighted by Gasteiger charge is 2.22. The Kier molecular flexibility index (Phi) is 6.62. The Labute approximate surface area is 190 Å². The van der Waals surface area contributed by atoms with E-state index in [9.17, 15) is 4.79 Å². The van der Waals surface area contributed by atoms with Crippen molar-refractivity contribution >= 4 is 17.6 Å². The molecule has 1 aliphatic rings. The Morgan fingerprint density at radius 1 is 1.31 bits per heavy atom. The Morgan fingerprint density at radius 3 is 2.91 bits per heavy atom. The quantitative estimate of drug-likeness (QED) is 0.553. The van der Waals surface area contributed by atoms with E-state index in [0.717, 1.165) is 11.1 Å². The largest absolute Gasteiger partial charge is 0.491 e. The van der Waals surface area contributed by atoms with E-state index in [0.29, 0.717) is 60.0 Å². The van der Waals surface area contributed by atoms with Crippen LogP contribution in [0, 0.1) is 0 Å². The van der Waals surface area contributed by atoms with Gasteiger partial charge in [0.1, 0.15) is 18.1 Å². The molecule has 0 unspecified atom stereocenters. The molecule has 4 rings (SSSR count). The Hall–Kier alpha value is -3.10. The molecule has 2 heterocycles. The zero-order valence-corrected chi connectivity index (χ0v) is 18.6. The van der Waals surface area contributed by atoms with Crippen molar-refractivity contribution in [2.45, 2.75) is 32.9 Å². The van der Waals surface area contributed by atoms with Crippen molar-refractivity contribution in [3.05, 3.63) is 47.0 Å². The smallest absolute Gasteiger partial charge is 0.304 e. The van der Waals surface area contributed by atoms with Gasteiger partial charge in [-0.3, -0.25) is 9.69 Å². The molecular weight excluding hydrogens is 434 g/mol. The molecule has 168 valence electrons. The average Bonchev–Trinajstić information content (AvgIpc) is 3.14. The lowest BCUT2D eigenvalue weighted by atomic mass is 10.1. The molecule has 0 radical (unpaired) electrons. The van der Waals surface area contributed by atoms with Crippen molar-refractivity contribution in [2.75, 3.05) is 19.7 Å². The fourth-order valence-electron chi connectivity index (χ4n) is 3.53. The third-order valence-electron chi connectivity index (χ3n) is 4.99. The summed E-state index contributed by atoms with van der Waals surface area (Å²) in [5, 5.41) is 13.6. The van der Waals surface area contributed by atoms with Gasteiger partial charge in [-0.2, -0.15) is 4.98 Å². The Morgan fingerprint density at radius 2 is 2.16 bits per heavy atom. The first-order valence-corrected chi connectivity index (χ1v) is 10.8. The van der Waals surface area contributed by atoms with Gasteiger partial charge >= 0.3 is 5.97 Å². The minimum Gasteiger partial charge on any atom is -0.491 e. The molecule has 0 amide bonds. The predicted octanol–water partition coefficient (Wildman–Crippen LogP) is 4.51. The molecule has 0 saturated heterocycles. The van der Waals surface area contributed by atoms with E-state index in [-0.39, 0.29) is 12.5 Å². The maximum atomic E-state index is 10.9. The van der Waals surface area contributed by atoms with Crippen molar-refractivity contribution in [1.29, 1.82) is 0 Å². The summed E-state index contributed by atoms with van der Waals surface area (Å²) in [4.78, 5) is 17.5. The van der Waals surface area contributed by atoms with Crippen molar-refractivity contribution < 1.29 is 23.9 Å². The Balaban J connectivity index is 1.58. The molecule has 0 saturated carbocycles. The number of para-hydroxylation sites is 1. The molecule has 1 N–H and O–H groups in total. The van der Waals surface area contributed by atoms with E-state index >= 15 is 0 Å². The van der Waals surface area contributed by atoms with Gasteiger partial charge in [-0.1, -0.05) is 28.9 Å². The first-order valence-electron chi connectivity index (χ1n) is 10.4. The van der Waals surface area contributed by atoms with E-state index in [1.165, 1.54) is 0 Å². The van der Waals surface area contributed by atoms with Gasteiger partial charge in [0.15, 0.2) is 0 Å². The van der Waals surface area contributed by atoms with Crippen LogP contribution in [0.25, 0.3) is 22.8 Å². The topological polar surface area (TPSA) is 97.9 Å². The number of carboxylic acid groups (broad SMARTS) is 1. The van der Waals surface area contributed by atoms with Crippen LogP contribution in [0.3, 0.4) is 0 Å². The number of nitrogens with zero attached hydrogens (tertiary/aromatic N) is 3. The molecule has 32 heavy (non-hydrogen) atoms. The van der Waals surface area contributed by atoms with Crippen molar-refractivity contribution in [2.24, 2.45) is 0 Å². The first-order chi connectivity index (χ1) is 15.4. The summed E-state index contributed by atoms with van der Waals surface area (Å²) in [7, 11) is 0. The van der Waals surface area contributed by atoms with E-state index in [1.807, 2.05) is 38.1 Å². The monoisotopic (exact) mass is 457 g/mol. The van der Waals surface area contributed by atoms with Crippen LogP contribution >= 0.6 is 11.6 Å². The zero-order valence-electron chi connectivity index (χ0n) is 17.9. The molecule has 0 fully saturated rings. The molecular formula is C23H24ClN3O5. The minimum atomic E-state index is -0.813. The fraction of sp³-hybridized carbons (Fsp3) is 0.348. The number of fused-ring (bicyclic) bond motifs is 1. The number of carboxylic acids is 1. The van der Waals surface area contributed by atoms with Crippen molar-refractivity contribution in [3.8, 4) is 34.3 Å². The number of carbonyl (C=O) groups is 1. The molecule has 2 aromatic carbocycles. The lowest BCUT2D eigenvalue weighted by Crippen LogP contribution is -2.28. The third kappa shape index (κ3) is 5.03. The second-order valence-electron chi connectivity index (χ2n) is 7.80. The number of halogens is 1. The molecule has 1 aromatic heterocycles. The third-order valence-corrected chi connectivity index (χ3v) is 5.29. The Bertz CT molecular complexity index is 1110. The predicted molar refractivity (Wildman–Crippen MR) is 119 cm³/mol. The van der Waals surface area contributed by atoms with Crippen molar-refractivity contribution in [3.63, 3.8) is 0 Å². The fourth-order valence-corrected chi connectivity index (χ4v) is 3.76. The van der Waals surface area contributed by atoms with E-state index in [4.69, 9.17) is 30.7 Å². The van der Waals surface area contributed by atoms with Gasteiger partial charge < -0.3 is 19.1 Å². The molecule has 8 nitrogen and oxygen atoms in total. The second-order valence-corrected chi connectivity index (χ2v) is 8.20. The number of aromatic nitrogens is 2. The molecule has 1 aliphatic heterocycles. The highest BCUT2D eigenvalue weighted by molar-refractivity contribution is 6.32. The standard InChI is InChI=1S/C23H24ClN3O5/c1-14(2)31-19-7-6-15(12-18(19)24)23-25-22(26-32-23)17-5-3-4-16-13-27(9-8-20(28)29)10-11-30-21(16)17/h3-7,12,14H,8-11,13H2,1-2H3,(H,28,29). The number of ether oxygens (including phenoxy) is 2. The van der Waals surface area contributed by atoms with E-state index in [1.54, 1.807) is 12.1 Å². The van der Waals surface area contributed by atoms with Crippen LogP contribution in [-0.4, -0.2) is 51.9 Å². The summed E-state index contributed by atoms with van der Waals surface area (Å²) in [6.07, 6.45) is 0.106. The van der Waals surface area contributed by atoms with Crippen LogP contribution in [0.2, 0.25) is 5.02 Å². The molecule has 9 heteroatoms. The van der Waals surface area contributed by atoms with Gasteiger partial charge in [0, 0.05) is 30.8 Å². The lowest BCUT2D eigenvalue weighted by molar-refractivity contribution is -0.137. The van der Waals surface area contributed by atoms with Crippen LogP contribution in [-0.2, 0) is 11.3 Å². The van der Waals surface area contributed by atoms with E-state index < -0.39 is 5.97 Å². The maximum absolute atomic E-state index is 10.9. The van der Waals surface area contributed by atoms with Crippen LogP contribution in [0.5, 0.6) is 11.5 Å². The molecule has 0 aliphatic carbocycles. The SMILES string of the molecule is CC(C)Oc1ccc(-c2nc(-c3cccc4c3OCCN(CCC(=O)O)C4)no2)cc1Cl. The number of benzene rings is 2. The van der Waals surface area contributed by atoms with Gasteiger partial charge in [-0.05, 0) is 38.1 Å². The summed E-state index contributed by atoms with van der Waals surface area (Å²) >= 11 is 6.34. The van der Waals surface area contributed by atoms with Gasteiger partial charge in [0.05, 0.1) is 23.1 Å². The zero-order chi connectivity index (χ0) is 22.7. The van der Waals surface area contributed by atoms with E-state index in [2.05, 4.69) is 15.0 Å². The normalized spacial score (nSPS) is 14.0. The van der Waals surface area contributed by atoms with Crippen LogP contribution in [0.1, 0.15) is 25.8 Å². The number of hydrogen-bond acceptors (Lipinski definition) is 7. The first kappa shape index (κ1) is 22.1. The highest BCUT2D eigenvalue weighted by atomic mass is 35.5. The van der Waals surface area contributed by atoms with Gasteiger partial charge in [-0.25, -0.2) is 0 Å². The summed E-state index contributed by atoms with van der Waals surface area (Å²) in [5.41, 5.74) is 2.37. The molecule has 0 atom stereocenters. The summed E-state index contributed by atoms with van der Waals surface area (Å²) in [5.74, 6) is 1.23. The van der Waals surface area contributed by atoms with Crippen LogP contribution in [0.15, 0.2) is 40.9 Å². The van der Waals surface area contributed by atoms with Crippen molar-refractivity contribution in [1.82, 2.24) is 15.0 Å². The summed E-state index contributed by atoms with van der Waals surface area (Å²) in [6.45, 7) is 6.01. The maximum Gasteiger partial charge on any atom is 0.304 e. The molecule has 3 aromatic rings. The number of aliphatic carboxylic acids is 1. The van der Waals surface area contributed by atoms with Gasteiger partial charge in [0.25, 0.3) is 5.89 Å². The lowest BCUT2D eigenvalue weighted by Gasteiger charge is -2.17. The summed E-state index contributed by atoms with van der Waals surface area (Å²) in [6, 6.07) is 11.1. The van der Waals surface area contributed by atoms with Gasteiger partial charge in [-0.15, -0.1) is 0 Å². The van der Waals surface area contributed by atoms with Crippen LogP contribution in [0.4, 0.5) is 0 Å². The summed E-state index contributed by atoms with van der Waals surface area (Å²) < 4.78 is 17.2. The average molecular weight is 458 g/mol. The van der Waals surface area contributed by atoms with Gasteiger partial charge in [0.2, 0.25) is 5.82 Å². The second kappa shape index (κ2) is 9.58. The molecule has 0 bridgehead atoms.